The van der Waals surface area contributed by atoms with E-state index in [1.165, 1.54) is 7.11 Å². The molecule has 0 fully saturated rings. The highest BCUT2D eigenvalue weighted by Gasteiger charge is 2.25. The van der Waals surface area contributed by atoms with Crippen molar-refractivity contribution < 1.29 is 19.1 Å². The van der Waals surface area contributed by atoms with E-state index < -0.39 is 0 Å². The number of carbonyl (C=O) groups is 3. The fourth-order valence-electron chi connectivity index (χ4n) is 4.28. The van der Waals surface area contributed by atoms with Gasteiger partial charge in [-0.1, -0.05) is 45.6 Å². The summed E-state index contributed by atoms with van der Waals surface area (Å²) < 4.78 is 4.83. The number of Topliss-reactive ketones (excluding diaryl/α,β-unsaturated/α-hetero) is 1. The Morgan fingerprint density at radius 1 is 1.06 bits per heavy atom. The normalized spacial score (nSPS) is 14.0. The minimum absolute atomic E-state index is 0.159. The molecular formula is C27H41NO4S. The summed E-state index contributed by atoms with van der Waals surface area (Å²) in [6.45, 7) is 5.92. The van der Waals surface area contributed by atoms with Gasteiger partial charge >= 0.3 is 5.97 Å². The summed E-state index contributed by atoms with van der Waals surface area (Å²) in [4.78, 5) is 40.6. The summed E-state index contributed by atoms with van der Waals surface area (Å²) >= 11 is 1.65. The van der Waals surface area contributed by atoms with Crippen LogP contribution in [0.2, 0.25) is 0 Å². The molecular weight excluding hydrogens is 434 g/mol. The Kier molecular flexibility index (Phi) is 12.6. The minimum atomic E-state index is -0.270. The number of carbonyl (C=O) groups excluding carboxylic acids is 3. The van der Waals surface area contributed by atoms with E-state index >= 15 is 0 Å². The summed E-state index contributed by atoms with van der Waals surface area (Å²) in [5.74, 6) is 0.518. The van der Waals surface area contributed by atoms with Crippen molar-refractivity contribution in [3.8, 4) is 0 Å². The highest BCUT2D eigenvalue weighted by molar-refractivity contribution is 7.99. The van der Waals surface area contributed by atoms with Crippen molar-refractivity contribution in [3.05, 3.63) is 29.3 Å². The smallest absolute Gasteiger partial charge is 0.305 e. The second-order valence-electron chi connectivity index (χ2n) is 8.96. The second-order valence-corrected chi connectivity index (χ2v) is 10.1. The van der Waals surface area contributed by atoms with Crippen LogP contribution in [0.3, 0.4) is 0 Å². The molecule has 0 saturated heterocycles. The standard InChI is InChI=1S/C27H41NO4S/c1-4-6-8-17-28(18-9-7-5-2)27(31)22(13-16-26(30)32-3)20-33-23-14-15-24-21(19-23)11-10-12-25(24)29/h14-15,19,22H,4-13,16-18,20H2,1-3H3. The lowest BCUT2D eigenvalue weighted by molar-refractivity contribution is -0.141. The van der Waals surface area contributed by atoms with E-state index in [-0.39, 0.29) is 30.0 Å². The molecule has 6 heteroatoms. The predicted octanol–water partition coefficient (Wildman–Crippen LogP) is 6.08. The van der Waals surface area contributed by atoms with Gasteiger partial charge in [0.05, 0.1) is 7.11 Å². The van der Waals surface area contributed by atoms with Crippen molar-refractivity contribution in [2.24, 2.45) is 5.92 Å². The third-order valence-electron chi connectivity index (χ3n) is 6.33. The number of unbranched alkanes of at least 4 members (excludes halogenated alkanes) is 4. The summed E-state index contributed by atoms with van der Waals surface area (Å²) in [5, 5.41) is 0. The van der Waals surface area contributed by atoms with Gasteiger partial charge < -0.3 is 9.64 Å². The topological polar surface area (TPSA) is 63.7 Å². The molecule has 0 spiro atoms. The maximum atomic E-state index is 13.5. The molecule has 1 unspecified atom stereocenters. The number of ether oxygens (including phenoxy) is 1. The Bertz CT molecular complexity index is 769. The zero-order valence-electron chi connectivity index (χ0n) is 20.7. The average molecular weight is 476 g/mol. The van der Waals surface area contributed by atoms with E-state index in [2.05, 4.69) is 19.9 Å². The zero-order chi connectivity index (χ0) is 24.1. The number of esters is 1. The van der Waals surface area contributed by atoms with Crippen molar-refractivity contribution in [1.82, 2.24) is 4.90 Å². The van der Waals surface area contributed by atoms with Gasteiger partial charge in [-0.05, 0) is 49.8 Å². The maximum Gasteiger partial charge on any atom is 0.305 e. The number of methoxy groups -OCH3 is 1. The number of benzene rings is 1. The van der Waals surface area contributed by atoms with Crippen LogP contribution < -0.4 is 0 Å². The van der Waals surface area contributed by atoms with E-state index in [0.717, 1.165) is 80.5 Å². The Balaban J connectivity index is 2.09. The number of aryl methyl sites for hydroxylation is 1. The van der Waals surface area contributed by atoms with Gasteiger partial charge in [0.15, 0.2) is 5.78 Å². The number of hydrogen-bond acceptors (Lipinski definition) is 5. The van der Waals surface area contributed by atoms with Crippen LogP contribution in [0.5, 0.6) is 0 Å². The third kappa shape index (κ3) is 9.15. The number of ketones is 1. The molecule has 1 aliphatic carbocycles. The van der Waals surface area contributed by atoms with Crippen LogP contribution in [-0.4, -0.2) is 48.5 Å². The van der Waals surface area contributed by atoms with Crippen LogP contribution in [0.4, 0.5) is 0 Å². The first kappa shape index (κ1) is 27.4. The van der Waals surface area contributed by atoms with Crippen LogP contribution in [0, 0.1) is 5.92 Å². The van der Waals surface area contributed by atoms with Crippen molar-refractivity contribution in [3.63, 3.8) is 0 Å². The van der Waals surface area contributed by atoms with Crippen molar-refractivity contribution >= 4 is 29.4 Å². The highest BCUT2D eigenvalue weighted by atomic mass is 32.2. The average Bonchev–Trinajstić information content (AvgIpc) is 2.82. The van der Waals surface area contributed by atoms with E-state index in [4.69, 9.17) is 4.74 Å². The van der Waals surface area contributed by atoms with Gasteiger partial charge in [-0.3, -0.25) is 14.4 Å². The molecule has 0 aromatic heterocycles. The van der Waals surface area contributed by atoms with Gasteiger partial charge in [-0.25, -0.2) is 0 Å². The number of hydrogen-bond donors (Lipinski definition) is 0. The number of amides is 1. The number of fused-ring (bicyclic) bond motifs is 1. The number of thioether (sulfide) groups is 1. The highest BCUT2D eigenvalue weighted by Crippen LogP contribution is 2.29. The molecule has 0 heterocycles. The number of rotatable bonds is 15. The summed E-state index contributed by atoms with van der Waals surface area (Å²) in [5.41, 5.74) is 1.97. The van der Waals surface area contributed by atoms with E-state index in [1.807, 2.05) is 17.0 Å². The molecule has 1 amide bonds. The molecule has 1 aromatic carbocycles. The van der Waals surface area contributed by atoms with Gasteiger partial charge in [-0.2, -0.15) is 0 Å². The first-order valence-electron chi connectivity index (χ1n) is 12.6. The molecule has 184 valence electrons. The van der Waals surface area contributed by atoms with E-state index in [9.17, 15) is 14.4 Å². The van der Waals surface area contributed by atoms with Gasteiger partial charge in [0.25, 0.3) is 0 Å². The van der Waals surface area contributed by atoms with Crippen molar-refractivity contribution in [2.75, 3.05) is 26.0 Å². The van der Waals surface area contributed by atoms with Crippen LogP contribution >= 0.6 is 11.8 Å². The molecule has 0 radical (unpaired) electrons. The lowest BCUT2D eigenvalue weighted by Crippen LogP contribution is -2.39. The van der Waals surface area contributed by atoms with Crippen LogP contribution in [-0.2, 0) is 20.7 Å². The molecule has 0 bridgehead atoms. The van der Waals surface area contributed by atoms with Crippen LogP contribution in [0.25, 0.3) is 0 Å². The SMILES string of the molecule is CCCCCN(CCCCC)C(=O)C(CCC(=O)OC)CSc1ccc2c(c1)CCCC2=O. The number of nitrogens with zero attached hydrogens (tertiary/aromatic N) is 1. The van der Waals surface area contributed by atoms with E-state index in [0.29, 0.717) is 18.6 Å². The van der Waals surface area contributed by atoms with Gasteiger partial charge in [0.1, 0.15) is 0 Å². The Hall–Kier alpha value is -1.82. The van der Waals surface area contributed by atoms with Crippen LogP contribution in [0.1, 0.15) is 94.0 Å². The maximum absolute atomic E-state index is 13.5. The first-order valence-corrected chi connectivity index (χ1v) is 13.6. The molecule has 1 aliphatic rings. The molecule has 0 aliphatic heterocycles. The first-order chi connectivity index (χ1) is 16.0. The molecule has 2 rings (SSSR count). The van der Waals surface area contributed by atoms with Crippen molar-refractivity contribution in [1.29, 1.82) is 0 Å². The summed E-state index contributed by atoms with van der Waals surface area (Å²) in [6, 6.07) is 6.04. The predicted molar refractivity (Wildman–Crippen MR) is 135 cm³/mol. The largest absolute Gasteiger partial charge is 0.469 e. The minimum Gasteiger partial charge on any atom is -0.469 e. The third-order valence-corrected chi connectivity index (χ3v) is 7.48. The monoisotopic (exact) mass is 475 g/mol. The lowest BCUT2D eigenvalue weighted by Gasteiger charge is -2.27. The molecule has 0 N–H and O–H groups in total. The van der Waals surface area contributed by atoms with Gasteiger partial charge in [0.2, 0.25) is 5.91 Å². The summed E-state index contributed by atoms with van der Waals surface area (Å²) in [7, 11) is 1.39. The second kappa shape index (κ2) is 15.2. The molecule has 33 heavy (non-hydrogen) atoms. The molecule has 0 saturated carbocycles. The Morgan fingerprint density at radius 2 is 1.76 bits per heavy atom. The zero-order valence-corrected chi connectivity index (χ0v) is 21.5. The molecule has 5 nitrogen and oxygen atoms in total. The van der Waals surface area contributed by atoms with Crippen molar-refractivity contribution in [2.45, 2.75) is 89.4 Å². The summed E-state index contributed by atoms with van der Waals surface area (Å²) in [6.07, 6.45) is 9.75. The van der Waals surface area contributed by atoms with Gasteiger partial charge in [-0.15, -0.1) is 11.8 Å². The molecule has 1 aromatic rings. The Labute approximate surface area is 204 Å². The van der Waals surface area contributed by atoms with Gasteiger partial charge in [0, 0.05) is 48.1 Å². The fourth-order valence-corrected chi connectivity index (χ4v) is 5.37. The van der Waals surface area contributed by atoms with E-state index in [1.54, 1.807) is 11.8 Å². The Morgan fingerprint density at radius 3 is 2.39 bits per heavy atom. The van der Waals surface area contributed by atoms with Crippen LogP contribution in [0.15, 0.2) is 23.1 Å². The quantitative estimate of drug-likeness (QED) is 0.175. The fraction of sp³-hybridized carbons (Fsp3) is 0.667. The molecule has 1 atom stereocenters. The lowest BCUT2D eigenvalue weighted by atomic mass is 9.91.